The van der Waals surface area contributed by atoms with E-state index in [4.69, 9.17) is 16.3 Å². The van der Waals surface area contributed by atoms with Gasteiger partial charge < -0.3 is 9.64 Å². The molecule has 0 saturated heterocycles. The number of non-ortho nitro benzene ring substituents is 1. The fourth-order valence-electron chi connectivity index (χ4n) is 4.26. The van der Waals surface area contributed by atoms with Gasteiger partial charge in [0.05, 0.1) is 23.8 Å². The number of rotatable bonds is 6. The van der Waals surface area contributed by atoms with Crippen molar-refractivity contribution in [3.05, 3.63) is 110 Å². The fraction of sp³-hybridized carbons (Fsp3) is 0.120. The summed E-state index contributed by atoms with van der Waals surface area (Å²) in [5.41, 5.74) is 4.08. The van der Waals surface area contributed by atoms with Crippen LogP contribution < -0.4 is 4.74 Å². The number of nitrogens with zero attached hydrogens (tertiary/aromatic N) is 3. The first-order chi connectivity index (χ1) is 16.5. The van der Waals surface area contributed by atoms with E-state index in [9.17, 15) is 14.9 Å². The average molecular weight is 475 g/mol. The Hall–Kier alpha value is -4.17. The van der Waals surface area contributed by atoms with Crippen LogP contribution in [0, 0.1) is 10.1 Å². The summed E-state index contributed by atoms with van der Waals surface area (Å²) in [6.45, 7) is 0.269. The first-order valence-electron chi connectivity index (χ1n) is 10.5. The lowest BCUT2D eigenvalue weighted by molar-refractivity contribution is -0.384. The smallest absolute Gasteiger partial charge is 0.273 e. The van der Waals surface area contributed by atoms with Crippen LogP contribution in [0.2, 0.25) is 5.02 Å². The molecule has 1 unspecified atom stereocenters. The van der Waals surface area contributed by atoms with Crippen molar-refractivity contribution in [2.75, 3.05) is 7.11 Å². The Bertz CT molecular complexity index is 1380. The van der Waals surface area contributed by atoms with Crippen molar-refractivity contribution >= 4 is 23.2 Å². The third-order valence-electron chi connectivity index (χ3n) is 5.95. The third kappa shape index (κ3) is 3.68. The van der Waals surface area contributed by atoms with Gasteiger partial charge in [-0.1, -0.05) is 29.8 Å². The number of carbonyl (C=O) groups is 1. The number of nitro benzene ring substituents is 1. The van der Waals surface area contributed by atoms with Gasteiger partial charge in [-0.2, -0.15) is 5.10 Å². The van der Waals surface area contributed by atoms with E-state index in [1.807, 2.05) is 42.5 Å². The molecule has 1 atom stereocenters. The molecule has 5 rings (SSSR count). The van der Waals surface area contributed by atoms with Crippen molar-refractivity contribution < 1.29 is 14.5 Å². The van der Waals surface area contributed by atoms with Crippen LogP contribution in [0.3, 0.4) is 0 Å². The molecular weight excluding hydrogens is 456 g/mol. The zero-order chi connectivity index (χ0) is 23.8. The molecule has 8 nitrogen and oxygen atoms in total. The highest BCUT2D eigenvalue weighted by Gasteiger charge is 2.42. The van der Waals surface area contributed by atoms with Crippen LogP contribution in [0.5, 0.6) is 5.75 Å². The van der Waals surface area contributed by atoms with E-state index in [0.29, 0.717) is 22.2 Å². The number of nitrogens with one attached hydrogen (secondary N) is 1. The highest BCUT2D eigenvalue weighted by atomic mass is 35.5. The third-order valence-corrected chi connectivity index (χ3v) is 6.31. The van der Waals surface area contributed by atoms with Gasteiger partial charge in [-0.05, 0) is 53.6 Å². The van der Waals surface area contributed by atoms with E-state index >= 15 is 0 Å². The molecule has 0 bridgehead atoms. The van der Waals surface area contributed by atoms with Gasteiger partial charge in [-0.15, -0.1) is 0 Å². The van der Waals surface area contributed by atoms with Crippen LogP contribution in [0.4, 0.5) is 5.69 Å². The van der Waals surface area contributed by atoms with Gasteiger partial charge in [-0.3, -0.25) is 20.0 Å². The predicted octanol–water partition coefficient (Wildman–Crippen LogP) is 5.39. The van der Waals surface area contributed by atoms with Crippen molar-refractivity contribution in [3.63, 3.8) is 0 Å². The SMILES string of the molecule is COc1ccc(-c2n[nH]c3c2C(c2ccc([N+](=O)[O-])cc2)N(Cc2ccccc2Cl)C3=O)cc1. The van der Waals surface area contributed by atoms with Crippen molar-refractivity contribution in [2.24, 2.45) is 0 Å². The van der Waals surface area contributed by atoms with E-state index in [1.165, 1.54) is 12.1 Å². The number of fused-ring (bicyclic) bond motifs is 1. The predicted molar refractivity (Wildman–Crippen MR) is 127 cm³/mol. The fourth-order valence-corrected chi connectivity index (χ4v) is 4.46. The molecule has 0 spiro atoms. The average Bonchev–Trinajstić information content (AvgIpc) is 3.40. The van der Waals surface area contributed by atoms with Gasteiger partial charge in [0.1, 0.15) is 11.4 Å². The zero-order valence-corrected chi connectivity index (χ0v) is 18.8. The van der Waals surface area contributed by atoms with Gasteiger partial charge >= 0.3 is 0 Å². The molecule has 1 aromatic heterocycles. The lowest BCUT2D eigenvalue weighted by Gasteiger charge is -2.27. The number of hydrogen-bond donors (Lipinski definition) is 1. The summed E-state index contributed by atoms with van der Waals surface area (Å²) in [6, 6.07) is 20.5. The van der Waals surface area contributed by atoms with Crippen molar-refractivity contribution in [1.82, 2.24) is 15.1 Å². The number of aromatic amines is 1. The number of amides is 1. The van der Waals surface area contributed by atoms with E-state index in [-0.39, 0.29) is 18.1 Å². The second kappa shape index (κ2) is 8.64. The van der Waals surface area contributed by atoms with E-state index in [0.717, 1.165) is 22.3 Å². The number of H-pyrrole nitrogens is 1. The second-order valence-electron chi connectivity index (χ2n) is 7.87. The Labute approximate surface area is 199 Å². The summed E-state index contributed by atoms with van der Waals surface area (Å²) in [5, 5.41) is 19.1. The van der Waals surface area contributed by atoms with Crippen LogP contribution in [-0.2, 0) is 6.54 Å². The van der Waals surface area contributed by atoms with E-state index in [2.05, 4.69) is 10.2 Å². The Morgan fingerprint density at radius 2 is 1.79 bits per heavy atom. The minimum absolute atomic E-state index is 0.0199. The molecule has 1 aliphatic heterocycles. The number of nitro groups is 1. The Morgan fingerprint density at radius 3 is 2.44 bits per heavy atom. The second-order valence-corrected chi connectivity index (χ2v) is 8.27. The Morgan fingerprint density at radius 1 is 1.09 bits per heavy atom. The van der Waals surface area contributed by atoms with Gasteiger partial charge in [0.25, 0.3) is 11.6 Å². The van der Waals surface area contributed by atoms with Crippen molar-refractivity contribution in [3.8, 4) is 17.0 Å². The maximum absolute atomic E-state index is 13.5. The summed E-state index contributed by atoms with van der Waals surface area (Å²) in [7, 11) is 1.59. The number of hydrogen-bond acceptors (Lipinski definition) is 5. The molecule has 9 heteroatoms. The lowest BCUT2D eigenvalue weighted by atomic mass is 9.95. The van der Waals surface area contributed by atoms with Crippen LogP contribution in [0.25, 0.3) is 11.3 Å². The molecule has 170 valence electrons. The topological polar surface area (TPSA) is 101 Å². The van der Waals surface area contributed by atoms with Crippen molar-refractivity contribution in [2.45, 2.75) is 12.6 Å². The van der Waals surface area contributed by atoms with Gasteiger partial charge in [-0.25, -0.2) is 0 Å². The molecule has 1 aliphatic rings. The standard InChI is InChI=1S/C25H19ClN4O4/c1-34-19-12-8-15(9-13-19)22-21-23(28-27-22)25(31)29(14-17-4-2-3-5-20(17)26)24(21)16-6-10-18(11-7-16)30(32)33/h2-13,24H,14H2,1H3,(H,27,28). The normalized spacial score (nSPS) is 14.8. The lowest BCUT2D eigenvalue weighted by Crippen LogP contribution is -2.29. The number of ether oxygens (including phenoxy) is 1. The summed E-state index contributed by atoms with van der Waals surface area (Å²) < 4.78 is 5.25. The maximum Gasteiger partial charge on any atom is 0.273 e. The first kappa shape index (κ1) is 21.7. The zero-order valence-electron chi connectivity index (χ0n) is 18.1. The minimum Gasteiger partial charge on any atom is -0.497 e. The molecule has 0 saturated carbocycles. The molecular formula is C25H19ClN4O4. The Balaban J connectivity index is 1.63. The Kier molecular flexibility index (Phi) is 5.51. The number of halogens is 1. The molecule has 0 radical (unpaired) electrons. The highest BCUT2D eigenvalue weighted by Crippen LogP contribution is 2.44. The molecule has 2 heterocycles. The monoisotopic (exact) mass is 474 g/mol. The molecule has 3 aromatic carbocycles. The molecule has 0 fully saturated rings. The number of methoxy groups -OCH3 is 1. The molecule has 0 aliphatic carbocycles. The first-order valence-corrected chi connectivity index (χ1v) is 10.9. The van der Waals surface area contributed by atoms with Gasteiger partial charge in [0.15, 0.2) is 0 Å². The van der Waals surface area contributed by atoms with Crippen molar-refractivity contribution in [1.29, 1.82) is 0 Å². The molecule has 34 heavy (non-hydrogen) atoms. The largest absolute Gasteiger partial charge is 0.497 e. The highest BCUT2D eigenvalue weighted by molar-refractivity contribution is 6.31. The quantitative estimate of drug-likeness (QED) is 0.298. The summed E-state index contributed by atoms with van der Waals surface area (Å²) in [5.74, 6) is 0.491. The maximum atomic E-state index is 13.5. The van der Waals surface area contributed by atoms with Crippen LogP contribution >= 0.6 is 11.6 Å². The van der Waals surface area contributed by atoms with E-state index < -0.39 is 11.0 Å². The van der Waals surface area contributed by atoms with Crippen LogP contribution in [0.15, 0.2) is 72.8 Å². The van der Waals surface area contributed by atoms with Crippen LogP contribution in [-0.4, -0.2) is 33.0 Å². The number of carbonyl (C=O) groups excluding carboxylic acids is 1. The molecule has 1 amide bonds. The van der Waals surface area contributed by atoms with Gasteiger partial charge in [0, 0.05) is 34.8 Å². The summed E-state index contributed by atoms with van der Waals surface area (Å²) in [4.78, 5) is 25.9. The summed E-state index contributed by atoms with van der Waals surface area (Å²) in [6.07, 6.45) is 0. The number of aromatic nitrogens is 2. The minimum atomic E-state index is -0.504. The molecule has 1 N–H and O–H groups in total. The van der Waals surface area contributed by atoms with Crippen LogP contribution in [0.1, 0.15) is 33.2 Å². The summed E-state index contributed by atoms with van der Waals surface area (Å²) >= 11 is 6.40. The number of benzene rings is 3. The molecule has 4 aromatic rings. The van der Waals surface area contributed by atoms with Gasteiger partial charge in [0.2, 0.25) is 0 Å². The van der Waals surface area contributed by atoms with E-state index in [1.54, 1.807) is 30.2 Å².